The molecule has 1 atom stereocenters. The molecular formula is C37H76KNO12SSi2. The van der Waals surface area contributed by atoms with Crippen LogP contribution < -0.4 is 51.4 Å². The third-order valence-corrected chi connectivity index (χ3v) is 16.4. The molecule has 0 aromatic rings. The molecule has 0 aliphatic carbocycles. The summed E-state index contributed by atoms with van der Waals surface area (Å²) in [4.78, 5) is 45.5. The van der Waals surface area contributed by atoms with E-state index in [-0.39, 0.29) is 74.7 Å². The summed E-state index contributed by atoms with van der Waals surface area (Å²) in [5.41, 5.74) is -1.05. The number of esters is 3. The van der Waals surface area contributed by atoms with Crippen molar-refractivity contribution in [3.63, 3.8) is 0 Å². The van der Waals surface area contributed by atoms with E-state index in [2.05, 4.69) is 42.6 Å². The predicted octanol–water partition coefficient (Wildman–Crippen LogP) is 5.04. The molecule has 0 saturated carbocycles. The van der Waals surface area contributed by atoms with E-state index in [1.54, 1.807) is 13.8 Å². The number of hydrogen-bond acceptors (Lipinski definition) is 12. The summed E-state index contributed by atoms with van der Waals surface area (Å²) in [6.45, 7) is 30.8. The maximum absolute atomic E-state index is 11.9. The van der Waals surface area contributed by atoms with Crippen LogP contribution in [0.5, 0.6) is 0 Å². The molecule has 1 unspecified atom stereocenters. The summed E-state index contributed by atoms with van der Waals surface area (Å²) in [6.07, 6.45) is 6.41. The third-order valence-electron chi connectivity index (χ3n) is 8.37. The molecule has 0 N–H and O–H groups in total. The zero-order valence-corrected chi connectivity index (χ0v) is 42.9. The quantitative estimate of drug-likeness (QED) is 0.0520. The van der Waals surface area contributed by atoms with Gasteiger partial charge >= 0.3 is 69.3 Å². The number of carbonyl (C=O) groups is 4. The van der Waals surface area contributed by atoms with Crippen molar-refractivity contribution in [3.8, 4) is 0 Å². The summed E-state index contributed by atoms with van der Waals surface area (Å²) in [6, 6.07) is 2.31. The Morgan fingerprint density at radius 3 is 1.59 bits per heavy atom. The van der Waals surface area contributed by atoms with E-state index in [0.717, 1.165) is 31.6 Å². The molecule has 13 nitrogen and oxygen atoms in total. The molecule has 0 spiro atoms. The van der Waals surface area contributed by atoms with Gasteiger partial charge in [-0.15, -0.1) is 0 Å². The topological polar surface area (TPSA) is 172 Å². The van der Waals surface area contributed by atoms with Gasteiger partial charge < -0.3 is 37.3 Å². The Labute approximate surface area is 373 Å². The van der Waals surface area contributed by atoms with Gasteiger partial charge in [0.25, 0.3) is 0 Å². The number of nitrogens with zero attached hydrogens (tertiary/aromatic N) is 1. The van der Waals surface area contributed by atoms with E-state index in [4.69, 9.17) is 23.1 Å². The second-order valence-corrected chi connectivity index (χ2v) is 26.0. The van der Waals surface area contributed by atoms with Crippen LogP contribution in [0, 0.1) is 16.7 Å². The predicted molar refractivity (Wildman–Crippen MR) is 216 cm³/mol. The van der Waals surface area contributed by atoms with Crippen molar-refractivity contribution in [2.45, 2.75) is 146 Å². The van der Waals surface area contributed by atoms with Gasteiger partial charge in [-0.1, -0.05) is 47.5 Å². The Kier molecular flexibility index (Phi) is 35.5. The first-order valence-corrected chi connectivity index (χ1v) is 27.2. The number of amides is 1. The largest absolute Gasteiger partial charge is 1.00 e. The van der Waals surface area contributed by atoms with Crippen LogP contribution >= 0.6 is 0 Å². The summed E-state index contributed by atoms with van der Waals surface area (Å²) >= 11 is 0. The molecule has 316 valence electrons. The molecule has 54 heavy (non-hydrogen) atoms. The van der Waals surface area contributed by atoms with Gasteiger partial charge in [0, 0.05) is 12.9 Å². The smallest absolute Gasteiger partial charge is 0.543 e. The van der Waals surface area contributed by atoms with E-state index in [1.807, 2.05) is 48.5 Å². The molecule has 0 aromatic heterocycles. The molecule has 0 rings (SSSR count). The van der Waals surface area contributed by atoms with Gasteiger partial charge in [0.2, 0.25) is 0 Å². The van der Waals surface area contributed by atoms with E-state index in [9.17, 15) is 27.6 Å². The SMILES string of the molecule is CCC(C)(C)C(=O)OCC(=O)[N-]S(C)(=O)=O.CCCC[Si](C)(C)O[Si](C)(C)CCCOC(=O)C(C)(C)CC.CCOCCOCCOC(=O)C(C)CC.[K+]. The van der Waals surface area contributed by atoms with Gasteiger partial charge in [-0.25, -0.2) is 8.42 Å². The van der Waals surface area contributed by atoms with Crippen molar-refractivity contribution in [2.75, 3.05) is 52.5 Å². The molecule has 0 aliphatic heterocycles. The fourth-order valence-corrected chi connectivity index (χ4v) is 13.4. The molecule has 17 heteroatoms. The van der Waals surface area contributed by atoms with Crippen molar-refractivity contribution in [1.29, 1.82) is 0 Å². The number of rotatable bonds is 25. The van der Waals surface area contributed by atoms with Gasteiger partial charge in [0.15, 0.2) is 16.6 Å². The van der Waals surface area contributed by atoms with Crippen molar-refractivity contribution in [2.24, 2.45) is 16.7 Å². The summed E-state index contributed by atoms with van der Waals surface area (Å²) in [7, 11) is -6.90. The van der Waals surface area contributed by atoms with Crippen LogP contribution in [0.25, 0.3) is 4.72 Å². The van der Waals surface area contributed by atoms with Gasteiger partial charge in [0.1, 0.15) is 19.1 Å². The van der Waals surface area contributed by atoms with Crippen LogP contribution in [0.3, 0.4) is 0 Å². The average molecular weight is 854 g/mol. The average Bonchev–Trinajstić information content (AvgIpc) is 3.06. The van der Waals surface area contributed by atoms with Crippen molar-refractivity contribution in [3.05, 3.63) is 4.72 Å². The second-order valence-electron chi connectivity index (χ2n) is 15.5. The van der Waals surface area contributed by atoms with Gasteiger partial charge in [0.05, 0.1) is 53.2 Å². The Morgan fingerprint density at radius 2 is 1.15 bits per heavy atom. The zero-order chi connectivity index (χ0) is 41.9. The maximum Gasteiger partial charge on any atom is 1.00 e. The minimum absolute atomic E-state index is 0. The van der Waals surface area contributed by atoms with Crippen LogP contribution in [0.15, 0.2) is 0 Å². The minimum Gasteiger partial charge on any atom is -0.543 e. The molecule has 0 heterocycles. The van der Waals surface area contributed by atoms with Crippen molar-refractivity contribution < 1.29 is 107 Å². The van der Waals surface area contributed by atoms with E-state index < -0.39 is 50.6 Å². The fourth-order valence-electron chi connectivity index (χ4n) is 4.01. The first-order valence-electron chi connectivity index (χ1n) is 19.1. The van der Waals surface area contributed by atoms with Crippen LogP contribution in [-0.4, -0.2) is 101 Å². The standard InChI is InChI=1S/C17H38O3Si2.C11H22O4.C9H17NO5S.K/c1-9-11-14-21(5,6)20-22(7,8)15-12-13-19-16(18)17(3,4)10-2;1-4-10(3)11(12)15-9-8-14-7-6-13-5-2;1-5-9(2,3)8(12)15-6-7(11)10-16(4,13)14;/h9-15H2,1-8H3;10H,4-9H2,1-3H3;5-6H2,1-4H3,(H,10,11);/q;;;+1/p-1. The Bertz CT molecular complexity index is 1150. The van der Waals surface area contributed by atoms with Crippen molar-refractivity contribution >= 4 is 50.5 Å². The number of carbonyl (C=O) groups excluding carboxylic acids is 4. The first-order chi connectivity index (χ1) is 24.3. The van der Waals surface area contributed by atoms with Crippen LogP contribution in [0.2, 0.25) is 38.3 Å². The fraction of sp³-hybridized carbons (Fsp3) is 0.892. The van der Waals surface area contributed by atoms with Crippen molar-refractivity contribution in [1.82, 2.24) is 0 Å². The second kappa shape index (κ2) is 31.7. The first kappa shape index (κ1) is 60.5. The summed E-state index contributed by atoms with van der Waals surface area (Å²) < 4.78 is 56.0. The zero-order valence-electron chi connectivity index (χ0n) is 36.9. The normalized spacial score (nSPS) is 12.4. The molecule has 0 aromatic carbocycles. The minimum atomic E-state index is -3.73. The Morgan fingerprint density at radius 1 is 0.685 bits per heavy atom. The van der Waals surface area contributed by atoms with E-state index >= 15 is 0 Å². The number of ether oxygens (including phenoxy) is 5. The summed E-state index contributed by atoms with van der Waals surface area (Å²) in [5.74, 6) is -1.78. The van der Waals surface area contributed by atoms with Gasteiger partial charge in [-0.3, -0.25) is 14.4 Å². The van der Waals surface area contributed by atoms with Crippen LogP contribution in [-0.2, 0) is 57.0 Å². The molecule has 0 saturated heterocycles. The summed E-state index contributed by atoms with van der Waals surface area (Å²) in [5, 5.41) is 0. The molecular weight excluding hydrogens is 778 g/mol. The maximum atomic E-state index is 11.9. The van der Waals surface area contributed by atoms with Crippen LogP contribution in [0.4, 0.5) is 0 Å². The molecule has 0 fully saturated rings. The molecule has 0 aliphatic rings. The monoisotopic (exact) mass is 853 g/mol. The van der Waals surface area contributed by atoms with Gasteiger partial charge in [-0.05, 0) is 98.6 Å². The Hall–Kier alpha value is -0.220. The van der Waals surface area contributed by atoms with Crippen LogP contribution in [0.1, 0.15) is 108 Å². The molecule has 1 amide bonds. The third kappa shape index (κ3) is 35.0. The number of hydrogen-bond donors (Lipinski definition) is 0. The van der Waals surface area contributed by atoms with E-state index in [0.29, 0.717) is 46.1 Å². The Balaban J connectivity index is -0.000000352. The van der Waals surface area contributed by atoms with Gasteiger partial charge in [-0.2, -0.15) is 0 Å². The molecule has 0 radical (unpaired) electrons. The number of unbranched alkanes of at least 4 members (excludes halogenated alkanes) is 1. The molecule has 0 bridgehead atoms. The van der Waals surface area contributed by atoms with E-state index in [1.165, 1.54) is 18.9 Å². The number of sulfonamides is 1.